The lowest BCUT2D eigenvalue weighted by Gasteiger charge is -2.06. The third-order valence-corrected chi connectivity index (χ3v) is 3.81. The molecule has 74 valence electrons. The maximum Gasteiger partial charge on any atom is 0.0956 e. The van der Waals surface area contributed by atoms with E-state index in [0.717, 1.165) is 0 Å². The molecule has 0 unspecified atom stereocenters. The first-order valence-corrected chi connectivity index (χ1v) is 5.57. The molecule has 1 heterocycles. The third-order valence-electron chi connectivity index (χ3n) is 2.36. The van der Waals surface area contributed by atoms with Crippen LogP contribution in [0.15, 0.2) is 0 Å². The van der Waals surface area contributed by atoms with Crippen molar-refractivity contribution in [2.75, 3.05) is 0 Å². The van der Waals surface area contributed by atoms with E-state index < -0.39 is 0 Å². The smallest absolute Gasteiger partial charge is 0.0956 e. The van der Waals surface area contributed by atoms with Gasteiger partial charge in [-0.3, -0.25) is 0 Å². The molecule has 1 aromatic rings. The summed E-state index contributed by atoms with van der Waals surface area (Å²) in [5, 5.41) is 1.34. The van der Waals surface area contributed by atoms with Gasteiger partial charge in [-0.2, -0.15) is 0 Å². The summed E-state index contributed by atoms with van der Waals surface area (Å²) in [5.74, 6) is 0.612. The van der Waals surface area contributed by atoms with Gasteiger partial charge in [-0.05, 0) is 25.7 Å². The van der Waals surface area contributed by atoms with Gasteiger partial charge in [0.2, 0.25) is 0 Å². The fourth-order valence-electron chi connectivity index (χ4n) is 1.62. The van der Waals surface area contributed by atoms with Gasteiger partial charge in [0.05, 0.1) is 10.7 Å². The molecule has 0 fully saturated rings. The Hall–Kier alpha value is -0.370. The number of nitrogens with zero attached hydrogens (tertiary/aromatic N) is 1. The van der Waals surface area contributed by atoms with E-state index in [0.29, 0.717) is 5.92 Å². The fraction of sp³-hybridized carbons (Fsp3) is 0.727. The van der Waals surface area contributed by atoms with Crippen molar-refractivity contribution in [3.63, 3.8) is 0 Å². The van der Waals surface area contributed by atoms with Gasteiger partial charge >= 0.3 is 0 Å². The second-order valence-corrected chi connectivity index (χ2v) is 4.90. The Morgan fingerprint density at radius 3 is 2.54 bits per heavy atom. The van der Waals surface area contributed by atoms with Crippen LogP contribution in [0.3, 0.4) is 0 Å². The number of fused-ring (bicyclic) bond motifs is 1. The van der Waals surface area contributed by atoms with E-state index in [4.69, 9.17) is 0 Å². The van der Waals surface area contributed by atoms with Crippen molar-refractivity contribution in [1.29, 1.82) is 0 Å². The van der Waals surface area contributed by atoms with Gasteiger partial charge in [-0.25, -0.2) is 4.98 Å². The molecule has 0 amide bonds. The molecule has 0 saturated heterocycles. The Morgan fingerprint density at radius 1 is 1.23 bits per heavy atom. The second kappa shape index (κ2) is 4.23. The van der Waals surface area contributed by atoms with E-state index in [2.05, 4.69) is 18.8 Å². The SMILES string of the molecule is C.CC(C)c1nc2c(s1)CCCC2. The maximum atomic E-state index is 4.67. The van der Waals surface area contributed by atoms with Crippen LogP contribution in [0.4, 0.5) is 0 Å². The van der Waals surface area contributed by atoms with E-state index in [1.807, 2.05) is 11.3 Å². The van der Waals surface area contributed by atoms with Crippen LogP contribution in [-0.2, 0) is 12.8 Å². The molecule has 0 aliphatic heterocycles. The molecular formula is C11H19NS. The van der Waals surface area contributed by atoms with Crippen LogP contribution in [0.25, 0.3) is 0 Å². The Kier molecular flexibility index (Phi) is 3.48. The third kappa shape index (κ3) is 2.11. The monoisotopic (exact) mass is 197 g/mol. The van der Waals surface area contributed by atoms with Crippen molar-refractivity contribution in [1.82, 2.24) is 4.98 Å². The van der Waals surface area contributed by atoms with Gasteiger partial charge in [0.1, 0.15) is 0 Å². The van der Waals surface area contributed by atoms with E-state index in [-0.39, 0.29) is 7.43 Å². The summed E-state index contributed by atoms with van der Waals surface area (Å²) >= 11 is 1.93. The predicted molar refractivity (Wildman–Crippen MR) is 59.6 cm³/mol. The lowest BCUT2D eigenvalue weighted by molar-refractivity contribution is 0.678. The second-order valence-electron chi connectivity index (χ2n) is 3.78. The molecule has 0 radical (unpaired) electrons. The van der Waals surface area contributed by atoms with Crippen molar-refractivity contribution < 1.29 is 0 Å². The topological polar surface area (TPSA) is 12.9 Å². The van der Waals surface area contributed by atoms with E-state index in [1.165, 1.54) is 36.4 Å². The van der Waals surface area contributed by atoms with Crippen LogP contribution in [0.5, 0.6) is 0 Å². The molecule has 0 saturated carbocycles. The Morgan fingerprint density at radius 2 is 1.92 bits per heavy atom. The molecule has 2 rings (SSSR count). The maximum absolute atomic E-state index is 4.67. The number of aryl methyl sites for hydroxylation is 2. The molecule has 1 nitrogen and oxygen atoms in total. The van der Waals surface area contributed by atoms with Gasteiger partial charge in [0, 0.05) is 10.8 Å². The highest BCUT2D eigenvalue weighted by Gasteiger charge is 2.15. The zero-order valence-corrected chi connectivity index (χ0v) is 8.58. The number of hydrogen-bond donors (Lipinski definition) is 0. The largest absolute Gasteiger partial charge is 0.246 e. The molecule has 1 aromatic heterocycles. The highest BCUT2D eigenvalue weighted by molar-refractivity contribution is 7.11. The van der Waals surface area contributed by atoms with Crippen LogP contribution < -0.4 is 0 Å². The van der Waals surface area contributed by atoms with Crippen LogP contribution in [0, 0.1) is 0 Å². The average molecular weight is 197 g/mol. The minimum Gasteiger partial charge on any atom is -0.246 e. The first kappa shape index (κ1) is 10.7. The molecule has 0 N–H and O–H groups in total. The lowest BCUT2D eigenvalue weighted by atomic mass is 10.0. The Labute approximate surface area is 85.2 Å². The summed E-state index contributed by atoms with van der Waals surface area (Å²) in [6, 6.07) is 0. The van der Waals surface area contributed by atoms with Crippen molar-refractivity contribution in [2.24, 2.45) is 0 Å². The van der Waals surface area contributed by atoms with Crippen LogP contribution >= 0.6 is 11.3 Å². The summed E-state index contributed by atoms with van der Waals surface area (Å²) in [6.45, 7) is 4.45. The summed E-state index contributed by atoms with van der Waals surface area (Å²) in [7, 11) is 0. The first-order chi connectivity index (χ1) is 5.77. The summed E-state index contributed by atoms with van der Waals surface area (Å²) in [6.07, 6.45) is 5.21. The number of hydrogen-bond acceptors (Lipinski definition) is 2. The fourth-order valence-corrected chi connectivity index (χ4v) is 2.77. The molecule has 2 heteroatoms. The Bertz CT molecular complexity index is 252. The van der Waals surface area contributed by atoms with Crippen LogP contribution in [0.2, 0.25) is 0 Å². The van der Waals surface area contributed by atoms with E-state index in [9.17, 15) is 0 Å². The normalized spacial score (nSPS) is 15.3. The summed E-state index contributed by atoms with van der Waals surface area (Å²) in [5.41, 5.74) is 1.40. The van der Waals surface area contributed by atoms with E-state index >= 15 is 0 Å². The molecule has 1 aliphatic carbocycles. The van der Waals surface area contributed by atoms with Crippen LogP contribution in [0.1, 0.15) is 55.6 Å². The molecule has 0 aromatic carbocycles. The van der Waals surface area contributed by atoms with Gasteiger partial charge in [0.15, 0.2) is 0 Å². The molecule has 0 atom stereocenters. The van der Waals surface area contributed by atoms with Crippen molar-refractivity contribution in [2.45, 2.75) is 52.9 Å². The van der Waals surface area contributed by atoms with Crippen molar-refractivity contribution in [3.05, 3.63) is 15.6 Å². The van der Waals surface area contributed by atoms with Crippen molar-refractivity contribution >= 4 is 11.3 Å². The van der Waals surface area contributed by atoms with Gasteiger partial charge < -0.3 is 0 Å². The molecular weight excluding hydrogens is 178 g/mol. The van der Waals surface area contributed by atoms with Gasteiger partial charge in [0.25, 0.3) is 0 Å². The minimum atomic E-state index is 0. The van der Waals surface area contributed by atoms with Crippen molar-refractivity contribution in [3.8, 4) is 0 Å². The summed E-state index contributed by atoms with van der Waals surface area (Å²) in [4.78, 5) is 6.23. The zero-order valence-electron chi connectivity index (χ0n) is 7.76. The lowest BCUT2D eigenvalue weighted by Crippen LogP contribution is -1.99. The highest BCUT2D eigenvalue weighted by Crippen LogP contribution is 2.29. The minimum absolute atomic E-state index is 0. The first-order valence-electron chi connectivity index (χ1n) is 4.76. The van der Waals surface area contributed by atoms with Gasteiger partial charge in [-0.1, -0.05) is 21.3 Å². The number of thiazole rings is 1. The summed E-state index contributed by atoms with van der Waals surface area (Å²) < 4.78 is 0. The van der Waals surface area contributed by atoms with Gasteiger partial charge in [-0.15, -0.1) is 11.3 Å². The highest BCUT2D eigenvalue weighted by atomic mass is 32.1. The quantitative estimate of drug-likeness (QED) is 0.667. The Balaban J connectivity index is 0.000000845. The zero-order chi connectivity index (χ0) is 8.55. The molecule has 0 spiro atoms. The number of aromatic nitrogens is 1. The molecule has 1 aliphatic rings. The molecule has 13 heavy (non-hydrogen) atoms. The standard InChI is InChI=1S/C10H15NS.CH4/c1-7(2)10-11-8-5-3-4-6-9(8)12-10;/h7H,3-6H2,1-2H3;1H4. The average Bonchev–Trinajstić information content (AvgIpc) is 2.46. The van der Waals surface area contributed by atoms with E-state index in [1.54, 1.807) is 4.88 Å². The predicted octanol–water partition coefficient (Wildman–Crippen LogP) is 3.78. The number of rotatable bonds is 1. The van der Waals surface area contributed by atoms with Crippen LogP contribution in [-0.4, -0.2) is 4.98 Å². The molecule has 0 bridgehead atoms.